The fourth-order valence-corrected chi connectivity index (χ4v) is 2.68. The van der Waals surface area contributed by atoms with Crippen molar-refractivity contribution >= 4 is 17.4 Å². The zero-order valence-electron chi connectivity index (χ0n) is 11.0. The van der Waals surface area contributed by atoms with Gasteiger partial charge in [0.25, 0.3) is 0 Å². The molecule has 3 N–H and O–H groups in total. The number of Topliss-reactive ketones (excluding diaryl/α,β-unsaturated/α-hetero) is 1. The molecule has 0 saturated carbocycles. The highest BCUT2D eigenvalue weighted by Gasteiger charge is 2.47. The van der Waals surface area contributed by atoms with E-state index in [-0.39, 0.29) is 41.5 Å². The molecule has 1 aliphatic carbocycles. The summed E-state index contributed by atoms with van der Waals surface area (Å²) < 4.78 is 35.1. The lowest BCUT2D eigenvalue weighted by molar-refractivity contribution is -0.286. The van der Waals surface area contributed by atoms with Gasteiger partial charge in [-0.1, -0.05) is 0 Å². The van der Waals surface area contributed by atoms with Gasteiger partial charge in [-0.3, -0.25) is 9.59 Å². The second-order valence-corrected chi connectivity index (χ2v) is 4.97. The third-order valence-corrected chi connectivity index (χ3v) is 3.45. The molecule has 0 bridgehead atoms. The Morgan fingerprint density at radius 1 is 1.48 bits per heavy atom. The lowest BCUT2D eigenvalue weighted by Crippen LogP contribution is -2.43. The quantitative estimate of drug-likeness (QED) is 0.761. The van der Waals surface area contributed by atoms with Crippen LogP contribution in [-0.2, 0) is 11.2 Å². The average molecular weight is 298 g/mol. The smallest absolute Gasteiger partial charge is 0.398 e. The lowest BCUT2D eigenvalue weighted by atomic mass is 9.85. The molecule has 0 fully saturated rings. The first kappa shape index (κ1) is 13.6. The Morgan fingerprint density at radius 2 is 2.19 bits per heavy atom. The maximum Gasteiger partial charge on any atom is 0.586 e. The van der Waals surface area contributed by atoms with Crippen LogP contribution in [0.5, 0.6) is 11.5 Å². The summed E-state index contributed by atoms with van der Waals surface area (Å²) in [5.74, 6) is -1.09. The first-order valence-corrected chi connectivity index (χ1v) is 6.31. The molecule has 1 aliphatic heterocycles. The van der Waals surface area contributed by atoms with E-state index in [0.717, 1.165) is 6.07 Å². The van der Waals surface area contributed by atoms with Crippen molar-refractivity contribution < 1.29 is 27.8 Å². The number of carbonyl (C=O) groups excluding carboxylic acids is 2. The highest BCUT2D eigenvalue weighted by molar-refractivity contribution is 6.08. The maximum absolute atomic E-state index is 13.2. The molecule has 0 radical (unpaired) electrons. The molecule has 1 aromatic carbocycles. The van der Waals surface area contributed by atoms with Gasteiger partial charge in [0.15, 0.2) is 17.3 Å². The molecule has 112 valence electrons. The van der Waals surface area contributed by atoms with Crippen LogP contribution < -0.4 is 20.5 Å². The lowest BCUT2D eigenvalue weighted by Gasteiger charge is -2.25. The van der Waals surface area contributed by atoms with E-state index in [1.54, 1.807) is 0 Å². The van der Waals surface area contributed by atoms with Crippen LogP contribution >= 0.6 is 0 Å². The van der Waals surface area contributed by atoms with E-state index in [0.29, 0.717) is 5.56 Å². The van der Waals surface area contributed by atoms with Gasteiger partial charge in [-0.05, 0) is 12.8 Å². The summed E-state index contributed by atoms with van der Waals surface area (Å²) in [5.41, 5.74) is 6.22. The fraction of sp³-hybridized carbons (Fsp3) is 0.385. The summed E-state index contributed by atoms with van der Waals surface area (Å²) in [5, 5.41) is 2.52. The SMILES string of the molecule is CC(=O)NC1CCc2c3c(cc(N)c2C1=O)OC(F)(F)O3. The van der Waals surface area contributed by atoms with Gasteiger partial charge in [0.05, 0.1) is 6.04 Å². The van der Waals surface area contributed by atoms with E-state index in [2.05, 4.69) is 14.8 Å². The molecule has 0 spiro atoms. The number of nitrogen functional groups attached to an aromatic ring is 1. The van der Waals surface area contributed by atoms with Crippen LogP contribution in [0.25, 0.3) is 0 Å². The van der Waals surface area contributed by atoms with Gasteiger partial charge >= 0.3 is 6.29 Å². The van der Waals surface area contributed by atoms with E-state index >= 15 is 0 Å². The summed E-state index contributed by atoms with van der Waals surface area (Å²) in [7, 11) is 0. The number of nitrogens with one attached hydrogen (secondary N) is 1. The van der Waals surface area contributed by atoms with Crippen molar-refractivity contribution in [3.8, 4) is 11.5 Å². The standard InChI is InChI=1S/C13H12F2N2O4/c1-5(18)17-8-3-2-6-10(11(8)19)7(16)4-9-12(6)21-13(14,15)20-9/h4,8H,2-3,16H2,1H3,(H,17,18). The summed E-state index contributed by atoms with van der Waals surface area (Å²) in [6, 6.07) is 0.432. The summed E-state index contributed by atoms with van der Waals surface area (Å²) in [4.78, 5) is 23.4. The molecule has 1 amide bonds. The minimum Gasteiger partial charge on any atom is -0.398 e. The highest BCUT2D eigenvalue weighted by Crippen LogP contribution is 2.48. The monoisotopic (exact) mass is 298 g/mol. The van der Waals surface area contributed by atoms with Crippen LogP contribution in [0.4, 0.5) is 14.5 Å². The third kappa shape index (κ3) is 2.16. The van der Waals surface area contributed by atoms with Crippen LogP contribution in [0.3, 0.4) is 0 Å². The minimum atomic E-state index is -3.76. The molecule has 1 aromatic rings. The Bertz CT molecular complexity index is 660. The number of ketones is 1. The van der Waals surface area contributed by atoms with E-state index in [1.165, 1.54) is 6.92 Å². The molecule has 8 heteroatoms. The molecule has 1 unspecified atom stereocenters. The topological polar surface area (TPSA) is 90.7 Å². The third-order valence-electron chi connectivity index (χ3n) is 3.45. The Kier molecular flexibility index (Phi) is 2.79. The summed E-state index contributed by atoms with van der Waals surface area (Å²) >= 11 is 0. The molecule has 3 rings (SSSR count). The largest absolute Gasteiger partial charge is 0.586 e. The Morgan fingerprint density at radius 3 is 2.86 bits per heavy atom. The van der Waals surface area contributed by atoms with Gasteiger partial charge in [-0.15, -0.1) is 8.78 Å². The Hall–Kier alpha value is -2.38. The van der Waals surface area contributed by atoms with E-state index in [1.807, 2.05) is 0 Å². The molecular formula is C13H12F2N2O4. The number of benzene rings is 1. The first-order valence-electron chi connectivity index (χ1n) is 6.31. The van der Waals surface area contributed by atoms with Crippen molar-refractivity contribution in [1.29, 1.82) is 0 Å². The number of fused-ring (bicyclic) bond motifs is 3. The summed E-state index contributed by atoms with van der Waals surface area (Å²) in [6.07, 6.45) is -3.20. The van der Waals surface area contributed by atoms with Crippen molar-refractivity contribution in [2.75, 3.05) is 5.73 Å². The number of nitrogens with two attached hydrogens (primary N) is 1. The number of alkyl halides is 2. The number of hydrogen-bond donors (Lipinski definition) is 2. The number of anilines is 1. The van der Waals surface area contributed by atoms with Gasteiger partial charge in [0, 0.05) is 29.8 Å². The van der Waals surface area contributed by atoms with Crippen molar-refractivity contribution in [2.45, 2.75) is 32.1 Å². The first-order chi connectivity index (χ1) is 9.78. The summed E-state index contributed by atoms with van der Waals surface area (Å²) in [6.45, 7) is 1.30. The predicted octanol–water partition coefficient (Wildman–Crippen LogP) is 1.22. The number of carbonyl (C=O) groups is 2. The van der Waals surface area contributed by atoms with Gasteiger partial charge in [0.1, 0.15) is 0 Å². The van der Waals surface area contributed by atoms with E-state index in [9.17, 15) is 18.4 Å². The van der Waals surface area contributed by atoms with E-state index in [4.69, 9.17) is 5.73 Å². The molecule has 0 saturated heterocycles. The molecule has 6 nitrogen and oxygen atoms in total. The second-order valence-electron chi connectivity index (χ2n) is 4.97. The van der Waals surface area contributed by atoms with Gasteiger partial charge < -0.3 is 20.5 Å². The second kappa shape index (κ2) is 4.31. The number of ether oxygens (including phenoxy) is 2. The van der Waals surface area contributed by atoms with Gasteiger partial charge in [0.2, 0.25) is 5.91 Å². The van der Waals surface area contributed by atoms with Gasteiger partial charge in [-0.25, -0.2) is 0 Å². The fourth-order valence-electron chi connectivity index (χ4n) is 2.68. The van der Waals surface area contributed by atoms with Crippen molar-refractivity contribution in [3.05, 3.63) is 17.2 Å². The highest BCUT2D eigenvalue weighted by atomic mass is 19.3. The molecule has 0 aromatic heterocycles. The molecular weight excluding hydrogens is 286 g/mol. The zero-order valence-corrected chi connectivity index (χ0v) is 11.0. The van der Waals surface area contributed by atoms with Crippen LogP contribution in [0.1, 0.15) is 29.3 Å². The number of rotatable bonds is 1. The molecule has 2 aliphatic rings. The van der Waals surface area contributed by atoms with Crippen molar-refractivity contribution in [2.24, 2.45) is 0 Å². The van der Waals surface area contributed by atoms with Crippen molar-refractivity contribution in [1.82, 2.24) is 5.32 Å². The van der Waals surface area contributed by atoms with Crippen LogP contribution in [0.2, 0.25) is 0 Å². The number of hydrogen-bond acceptors (Lipinski definition) is 5. The number of halogens is 2. The van der Waals surface area contributed by atoms with Crippen molar-refractivity contribution in [3.63, 3.8) is 0 Å². The average Bonchev–Trinajstić information content (AvgIpc) is 2.66. The van der Waals surface area contributed by atoms with Gasteiger partial charge in [-0.2, -0.15) is 0 Å². The number of amides is 1. The van der Waals surface area contributed by atoms with Crippen LogP contribution in [-0.4, -0.2) is 24.0 Å². The van der Waals surface area contributed by atoms with E-state index < -0.39 is 18.1 Å². The normalized spacial score (nSPS) is 21.9. The van der Waals surface area contributed by atoms with Crippen LogP contribution in [0.15, 0.2) is 6.07 Å². The maximum atomic E-state index is 13.2. The Labute approximate surface area is 118 Å². The molecule has 21 heavy (non-hydrogen) atoms. The zero-order chi connectivity index (χ0) is 15.4. The Balaban J connectivity index is 2.05. The predicted molar refractivity (Wildman–Crippen MR) is 67.3 cm³/mol. The van der Waals surface area contributed by atoms with Crippen LogP contribution in [0, 0.1) is 0 Å². The molecule has 1 atom stereocenters. The minimum absolute atomic E-state index is 0.0325. The molecule has 1 heterocycles.